The summed E-state index contributed by atoms with van der Waals surface area (Å²) in [6.07, 6.45) is 0. The molecule has 1 heterocycles. The third-order valence-electron chi connectivity index (χ3n) is 3.11. The molecule has 1 aromatic heterocycles. The summed E-state index contributed by atoms with van der Waals surface area (Å²) in [5.41, 5.74) is 1.47. The lowest BCUT2D eigenvalue weighted by atomic mass is 10.2. The number of hydrogen-bond acceptors (Lipinski definition) is 5. The Morgan fingerprint density at radius 2 is 2.13 bits per heavy atom. The van der Waals surface area contributed by atoms with E-state index in [1.807, 2.05) is 31.4 Å². The number of urea groups is 1. The fourth-order valence-electron chi connectivity index (χ4n) is 1.94. The number of carbonyl (C=O) groups excluding carboxylic acids is 1. The molecule has 23 heavy (non-hydrogen) atoms. The van der Waals surface area contributed by atoms with Gasteiger partial charge >= 0.3 is 6.03 Å². The number of carbonyl (C=O) groups is 1. The molecular weight excluding hydrogens is 314 g/mol. The van der Waals surface area contributed by atoms with Crippen LogP contribution < -0.4 is 15.4 Å². The number of anilines is 1. The van der Waals surface area contributed by atoms with Crippen molar-refractivity contribution in [3.8, 4) is 5.75 Å². The largest absolute Gasteiger partial charge is 0.489 e. The van der Waals surface area contributed by atoms with Crippen LogP contribution in [0.1, 0.15) is 23.7 Å². The van der Waals surface area contributed by atoms with Gasteiger partial charge < -0.3 is 20.1 Å². The summed E-state index contributed by atoms with van der Waals surface area (Å²) in [5.74, 6) is 0.608. The number of hydrogen-bond donors (Lipinski definition) is 2. The van der Waals surface area contributed by atoms with E-state index in [2.05, 4.69) is 15.6 Å². The van der Waals surface area contributed by atoms with Gasteiger partial charge in [-0.15, -0.1) is 11.3 Å². The smallest absolute Gasteiger partial charge is 0.319 e. The lowest BCUT2D eigenvalue weighted by Crippen LogP contribution is -2.31. The third kappa shape index (κ3) is 5.22. The Kier molecular flexibility index (Phi) is 6.37. The van der Waals surface area contributed by atoms with Gasteiger partial charge in [0, 0.05) is 12.5 Å². The average Bonchev–Trinajstić information content (AvgIpc) is 2.96. The van der Waals surface area contributed by atoms with Crippen molar-refractivity contribution < 1.29 is 14.3 Å². The van der Waals surface area contributed by atoms with Gasteiger partial charge in [0.15, 0.2) is 0 Å². The minimum atomic E-state index is -0.300. The van der Waals surface area contributed by atoms with Crippen LogP contribution in [0.5, 0.6) is 5.75 Å². The molecule has 6 nitrogen and oxygen atoms in total. The van der Waals surface area contributed by atoms with Crippen LogP contribution in [0.3, 0.4) is 0 Å². The molecule has 0 aliphatic heterocycles. The number of ether oxygens (including phenoxy) is 2. The van der Waals surface area contributed by atoms with E-state index in [4.69, 9.17) is 9.47 Å². The van der Waals surface area contributed by atoms with Gasteiger partial charge in [-0.2, -0.15) is 0 Å². The van der Waals surface area contributed by atoms with Gasteiger partial charge in [0.05, 0.1) is 29.0 Å². The molecule has 1 atom stereocenters. The molecule has 0 saturated heterocycles. The summed E-state index contributed by atoms with van der Waals surface area (Å²) < 4.78 is 10.6. The molecule has 1 unspecified atom stereocenters. The standard InChI is InChI=1S/C16H21N3O3S/c1-11(14-10-23-12(2)18-14)17-16(20)19-13-6-4-5-7-15(13)22-9-8-21-3/h4-7,10-11H,8-9H2,1-3H3,(H2,17,19,20). The van der Waals surface area contributed by atoms with Crippen LogP contribution >= 0.6 is 11.3 Å². The molecule has 7 heteroatoms. The van der Waals surface area contributed by atoms with Gasteiger partial charge in [-0.1, -0.05) is 12.1 Å². The van der Waals surface area contributed by atoms with Crippen LogP contribution in [0.15, 0.2) is 29.6 Å². The van der Waals surface area contributed by atoms with E-state index in [0.717, 1.165) is 10.7 Å². The zero-order valence-electron chi connectivity index (χ0n) is 13.5. The Labute approximate surface area is 139 Å². The number of thiazole rings is 1. The fraction of sp³-hybridized carbons (Fsp3) is 0.375. The zero-order chi connectivity index (χ0) is 16.7. The Morgan fingerprint density at radius 1 is 1.35 bits per heavy atom. The normalized spacial score (nSPS) is 11.8. The SMILES string of the molecule is COCCOc1ccccc1NC(=O)NC(C)c1csc(C)n1. The Bertz CT molecular complexity index is 645. The second kappa shape index (κ2) is 8.50. The molecular formula is C16H21N3O3S. The predicted octanol–water partition coefficient (Wildman–Crippen LogP) is 3.36. The molecule has 0 aliphatic carbocycles. The average molecular weight is 335 g/mol. The number of aryl methyl sites for hydroxylation is 1. The van der Waals surface area contributed by atoms with Crippen molar-refractivity contribution in [2.24, 2.45) is 0 Å². The Balaban J connectivity index is 1.94. The summed E-state index contributed by atoms with van der Waals surface area (Å²) in [4.78, 5) is 16.5. The van der Waals surface area contributed by atoms with E-state index < -0.39 is 0 Å². The van der Waals surface area contributed by atoms with E-state index in [0.29, 0.717) is 24.7 Å². The van der Waals surface area contributed by atoms with Crippen LogP contribution in [0, 0.1) is 6.92 Å². The van der Waals surface area contributed by atoms with Crippen LogP contribution in [0.4, 0.5) is 10.5 Å². The fourth-order valence-corrected chi connectivity index (χ4v) is 2.65. The van der Waals surface area contributed by atoms with Gasteiger partial charge in [0.25, 0.3) is 0 Å². The van der Waals surface area contributed by atoms with Crippen LogP contribution in [0.25, 0.3) is 0 Å². The number of amides is 2. The van der Waals surface area contributed by atoms with Crippen molar-refractivity contribution >= 4 is 23.1 Å². The summed E-state index contributed by atoms with van der Waals surface area (Å²) in [6.45, 7) is 4.75. The molecule has 0 fully saturated rings. The molecule has 2 rings (SSSR count). The van der Waals surface area contributed by atoms with Gasteiger partial charge in [0.2, 0.25) is 0 Å². The Morgan fingerprint density at radius 3 is 2.83 bits per heavy atom. The van der Waals surface area contributed by atoms with Gasteiger partial charge in [0.1, 0.15) is 12.4 Å². The molecule has 2 amide bonds. The number of para-hydroxylation sites is 2. The van der Waals surface area contributed by atoms with Gasteiger partial charge in [-0.3, -0.25) is 0 Å². The van der Waals surface area contributed by atoms with Crippen LogP contribution in [-0.4, -0.2) is 31.3 Å². The lowest BCUT2D eigenvalue weighted by Gasteiger charge is -2.15. The number of rotatable bonds is 7. The summed E-state index contributed by atoms with van der Waals surface area (Å²) in [6, 6.07) is 6.82. The first-order valence-corrected chi connectivity index (χ1v) is 8.18. The zero-order valence-corrected chi connectivity index (χ0v) is 14.3. The first kappa shape index (κ1) is 17.2. The van der Waals surface area contributed by atoms with Crippen molar-refractivity contribution in [2.45, 2.75) is 19.9 Å². The highest BCUT2D eigenvalue weighted by molar-refractivity contribution is 7.09. The van der Waals surface area contributed by atoms with Crippen molar-refractivity contribution in [2.75, 3.05) is 25.6 Å². The summed E-state index contributed by atoms with van der Waals surface area (Å²) in [5, 5.41) is 8.60. The molecule has 2 N–H and O–H groups in total. The highest BCUT2D eigenvalue weighted by Crippen LogP contribution is 2.24. The maximum atomic E-state index is 12.2. The molecule has 0 radical (unpaired) electrons. The van der Waals surface area contributed by atoms with E-state index in [9.17, 15) is 4.79 Å². The first-order valence-electron chi connectivity index (χ1n) is 7.30. The molecule has 0 spiro atoms. The minimum absolute atomic E-state index is 0.165. The number of nitrogens with one attached hydrogen (secondary N) is 2. The minimum Gasteiger partial charge on any atom is -0.489 e. The highest BCUT2D eigenvalue weighted by Gasteiger charge is 2.13. The van der Waals surface area contributed by atoms with Gasteiger partial charge in [-0.25, -0.2) is 9.78 Å². The molecule has 0 bridgehead atoms. The number of nitrogens with zero attached hydrogens (tertiary/aromatic N) is 1. The monoisotopic (exact) mass is 335 g/mol. The maximum Gasteiger partial charge on any atom is 0.319 e. The van der Waals surface area contributed by atoms with E-state index >= 15 is 0 Å². The number of benzene rings is 1. The first-order chi connectivity index (χ1) is 11.1. The van der Waals surface area contributed by atoms with Crippen LogP contribution in [0.2, 0.25) is 0 Å². The third-order valence-corrected chi connectivity index (χ3v) is 3.90. The maximum absolute atomic E-state index is 12.2. The van der Waals surface area contributed by atoms with Crippen molar-refractivity contribution in [1.29, 1.82) is 0 Å². The molecule has 1 aromatic carbocycles. The van der Waals surface area contributed by atoms with Crippen LogP contribution in [-0.2, 0) is 4.74 Å². The Hall–Kier alpha value is -2.12. The molecule has 124 valence electrons. The molecule has 0 saturated carbocycles. The molecule has 0 aliphatic rings. The lowest BCUT2D eigenvalue weighted by molar-refractivity contribution is 0.146. The van der Waals surface area contributed by atoms with E-state index in [1.54, 1.807) is 30.6 Å². The van der Waals surface area contributed by atoms with Gasteiger partial charge in [-0.05, 0) is 26.0 Å². The predicted molar refractivity (Wildman–Crippen MR) is 91.2 cm³/mol. The second-order valence-corrected chi connectivity index (χ2v) is 6.01. The van der Waals surface area contributed by atoms with Crippen molar-refractivity contribution in [3.05, 3.63) is 40.3 Å². The highest BCUT2D eigenvalue weighted by atomic mass is 32.1. The second-order valence-electron chi connectivity index (χ2n) is 4.95. The van der Waals surface area contributed by atoms with E-state index in [1.165, 1.54) is 0 Å². The number of methoxy groups -OCH3 is 1. The van der Waals surface area contributed by atoms with E-state index in [-0.39, 0.29) is 12.1 Å². The molecule has 2 aromatic rings. The number of aromatic nitrogens is 1. The topological polar surface area (TPSA) is 72.5 Å². The summed E-state index contributed by atoms with van der Waals surface area (Å²) >= 11 is 1.56. The van der Waals surface area contributed by atoms with Crippen molar-refractivity contribution in [1.82, 2.24) is 10.3 Å². The summed E-state index contributed by atoms with van der Waals surface area (Å²) in [7, 11) is 1.61. The quantitative estimate of drug-likeness (QED) is 0.761. The van der Waals surface area contributed by atoms with Crippen molar-refractivity contribution in [3.63, 3.8) is 0 Å².